The number of benzene rings is 1. The summed E-state index contributed by atoms with van der Waals surface area (Å²) in [5.41, 5.74) is 0. The summed E-state index contributed by atoms with van der Waals surface area (Å²) in [6.07, 6.45) is 10.0. The third-order valence-corrected chi connectivity index (χ3v) is 1.56. The molecule has 0 N–H and O–H groups in total. The van der Waals surface area contributed by atoms with Crippen molar-refractivity contribution in [3.8, 4) is 5.75 Å². The largest absolute Gasteiger partial charge is 0.497 e. The second-order valence-corrected chi connectivity index (χ2v) is 2.52. The number of ether oxygens (including phenoxy) is 1. The van der Waals surface area contributed by atoms with Gasteiger partial charge < -0.3 is 4.74 Å². The van der Waals surface area contributed by atoms with Crippen molar-refractivity contribution < 1.29 is 21.8 Å². The third-order valence-electron chi connectivity index (χ3n) is 1.56. The Morgan fingerprint density at radius 3 is 2.21 bits per heavy atom. The fourth-order valence-corrected chi connectivity index (χ4v) is 0.897. The summed E-state index contributed by atoms with van der Waals surface area (Å²) < 4.78 is 4.91. The van der Waals surface area contributed by atoms with Crippen LogP contribution in [0.2, 0.25) is 0 Å². The second-order valence-electron chi connectivity index (χ2n) is 2.52. The van der Waals surface area contributed by atoms with Gasteiger partial charge in [0.1, 0.15) is 5.75 Å². The van der Waals surface area contributed by atoms with Gasteiger partial charge in [-0.3, -0.25) is 6.08 Å². The van der Waals surface area contributed by atoms with Gasteiger partial charge in [0, 0.05) is 17.1 Å². The fraction of sp³-hybridized carbons (Fsp3) is 0.167. The summed E-state index contributed by atoms with van der Waals surface area (Å²) in [6.45, 7) is 0. The van der Waals surface area contributed by atoms with E-state index in [0.29, 0.717) is 0 Å². The molecular weight excluding hydrogens is 216 g/mol. The molecule has 0 fully saturated rings. The zero-order chi connectivity index (χ0) is 9.36. The smallest absolute Gasteiger partial charge is 0.118 e. The van der Waals surface area contributed by atoms with E-state index in [4.69, 9.17) is 4.74 Å². The van der Waals surface area contributed by atoms with Crippen LogP contribution in [0.4, 0.5) is 0 Å². The van der Waals surface area contributed by atoms with Crippen molar-refractivity contribution in [2.75, 3.05) is 7.11 Å². The Balaban J connectivity index is 0.000000246. The Hall–Kier alpha value is -0.981. The normalized spacial score (nSPS) is 11.2. The fourth-order valence-electron chi connectivity index (χ4n) is 0.897. The molecule has 0 aliphatic heterocycles. The summed E-state index contributed by atoms with van der Waals surface area (Å²) in [5.74, 6) is 0.910. The molecule has 1 aromatic rings. The van der Waals surface area contributed by atoms with E-state index >= 15 is 0 Å². The van der Waals surface area contributed by atoms with Gasteiger partial charge in [-0.05, 0) is 12.1 Å². The predicted molar refractivity (Wildman–Crippen MR) is 54.6 cm³/mol. The first-order chi connectivity index (χ1) is 6.43. The second kappa shape index (κ2) is 8.61. The van der Waals surface area contributed by atoms with Gasteiger partial charge in [-0.25, -0.2) is 12.2 Å². The van der Waals surface area contributed by atoms with Crippen molar-refractivity contribution in [2.24, 2.45) is 0 Å². The number of rotatable bonds is 1. The van der Waals surface area contributed by atoms with Gasteiger partial charge in [0.2, 0.25) is 0 Å². The van der Waals surface area contributed by atoms with Gasteiger partial charge in [0.05, 0.1) is 7.11 Å². The van der Waals surface area contributed by atoms with E-state index in [-0.39, 0.29) is 17.1 Å². The van der Waals surface area contributed by atoms with Crippen LogP contribution >= 0.6 is 0 Å². The Morgan fingerprint density at radius 2 is 1.93 bits per heavy atom. The van der Waals surface area contributed by atoms with E-state index in [0.717, 1.165) is 12.2 Å². The number of methoxy groups -OCH3 is 1. The van der Waals surface area contributed by atoms with Crippen molar-refractivity contribution in [1.29, 1.82) is 0 Å². The summed E-state index contributed by atoms with van der Waals surface area (Å²) in [5, 5.41) is 0. The first-order valence-corrected chi connectivity index (χ1v) is 4.24. The molecule has 0 radical (unpaired) electrons. The van der Waals surface area contributed by atoms with Gasteiger partial charge in [0.15, 0.2) is 0 Å². The van der Waals surface area contributed by atoms with Crippen LogP contribution in [0.3, 0.4) is 0 Å². The monoisotopic (exact) mass is 229 g/mol. The molecule has 0 atom stereocenters. The van der Waals surface area contributed by atoms with E-state index in [1.807, 2.05) is 42.5 Å². The Kier molecular flexibility index (Phi) is 8.01. The molecule has 1 aliphatic carbocycles. The molecule has 0 aromatic heterocycles. The van der Waals surface area contributed by atoms with Crippen molar-refractivity contribution in [2.45, 2.75) is 6.42 Å². The van der Waals surface area contributed by atoms with E-state index in [2.05, 4.69) is 12.2 Å². The van der Waals surface area contributed by atoms with Crippen molar-refractivity contribution in [3.63, 3.8) is 0 Å². The molecule has 0 saturated heterocycles. The molecule has 0 unspecified atom stereocenters. The topological polar surface area (TPSA) is 9.23 Å². The van der Waals surface area contributed by atoms with Gasteiger partial charge in [-0.2, -0.15) is 6.08 Å². The van der Waals surface area contributed by atoms with E-state index in [1.54, 1.807) is 7.11 Å². The molecule has 0 amide bonds. The van der Waals surface area contributed by atoms with Crippen LogP contribution in [0.25, 0.3) is 0 Å². The average Bonchev–Trinajstić information content (AvgIpc) is 2.77. The average molecular weight is 229 g/mol. The van der Waals surface area contributed by atoms with Crippen molar-refractivity contribution in [1.82, 2.24) is 0 Å². The van der Waals surface area contributed by atoms with Crippen molar-refractivity contribution in [3.05, 3.63) is 54.6 Å². The van der Waals surface area contributed by atoms with E-state index < -0.39 is 0 Å². The molecular formula is C12H13FeO-. The zero-order valence-electron chi connectivity index (χ0n) is 8.09. The maximum Gasteiger partial charge on any atom is 0.118 e. The summed E-state index contributed by atoms with van der Waals surface area (Å²) in [6, 6.07) is 9.68. The number of allylic oxidation sites excluding steroid dienone is 4. The van der Waals surface area contributed by atoms with Crippen LogP contribution < -0.4 is 4.74 Å². The molecule has 0 bridgehead atoms. The van der Waals surface area contributed by atoms with E-state index in [1.165, 1.54) is 0 Å². The minimum Gasteiger partial charge on any atom is -0.497 e. The minimum absolute atomic E-state index is 0. The number of hydrogen-bond donors (Lipinski definition) is 0. The van der Waals surface area contributed by atoms with Gasteiger partial charge >= 0.3 is 0 Å². The molecule has 2 rings (SSSR count). The Morgan fingerprint density at radius 1 is 1.21 bits per heavy atom. The van der Waals surface area contributed by atoms with Crippen LogP contribution in [0, 0.1) is 6.08 Å². The first-order valence-electron chi connectivity index (χ1n) is 4.24. The van der Waals surface area contributed by atoms with E-state index in [9.17, 15) is 0 Å². The molecule has 76 valence electrons. The van der Waals surface area contributed by atoms with Crippen LogP contribution in [0.5, 0.6) is 5.75 Å². The molecule has 0 spiro atoms. The molecule has 1 aliphatic rings. The number of para-hydroxylation sites is 1. The van der Waals surface area contributed by atoms with Crippen LogP contribution in [-0.4, -0.2) is 7.11 Å². The molecule has 14 heavy (non-hydrogen) atoms. The van der Waals surface area contributed by atoms with Crippen LogP contribution in [-0.2, 0) is 17.1 Å². The molecule has 0 saturated carbocycles. The van der Waals surface area contributed by atoms with Gasteiger partial charge in [0.25, 0.3) is 0 Å². The van der Waals surface area contributed by atoms with Crippen molar-refractivity contribution >= 4 is 0 Å². The molecule has 1 nitrogen and oxygen atoms in total. The van der Waals surface area contributed by atoms with Gasteiger partial charge in [-0.1, -0.05) is 18.2 Å². The maximum atomic E-state index is 4.91. The quantitative estimate of drug-likeness (QED) is 0.531. The number of hydrogen-bond acceptors (Lipinski definition) is 1. The minimum atomic E-state index is 0. The predicted octanol–water partition coefficient (Wildman–Crippen LogP) is 3.00. The first kappa shape index (κ1) is 13.0. The summed E-state index contributed by atoms with van der Waals surface area (Å²) in [7, 11) is 1.66. The van der Waals surface area contributed by atoms with Gasteiger partial charge in [-0.15, -0.1) is 6.42 Å². The SMILES string of the molecule is COc1ccccc1.[C-]1=CC=CC1.[Fe]. The molecule has 1 aromatic carbocycles. The molecule has 2 heteroatoms. The summed E-state index contributed by atoms with van der Waals surface area (Å²) >= 11 is 0. The maximum absolute atomic E-state index is 4.91. The zero-order valence-corrected chi connectivity index (χ0v) is 9.19. The third kappa shape index (κ3) is 5.63. The van der Waals surface area contributed by atoms with Crippen LogP contribution in [0.15, 0.2) is 48.6 Å². The molecule has 0 heterocycles. The summed E-state index contributed by atoms with van der Waals surface area (Å²) in [4.78, 5) is 0. The Labute approximate surface area is 96.0 Å². The van der Waals surface area contributed by atoms with Crippen LogP contribution in [0.1, 0.15) is 6.42 Å². The Bertz CT molecular complexity index is 268. The standard InChI is InChI=1S/C7H8O.C5H5.Fe/c1-8-7-5-3-2-4-6-7;1-2-4-5-3-1;/h2-6H,1H3;1-3H,4H2;/q;-1;.